The van der Waals surface area contributed by atoms with E-state index in [9.17, 15) is 5.11 Å². The Kier molecular flexibility index (Phi) is 12.9. The molecule has 31 heavy (non-hydrogen) atoms. The molecule has 1 atom stereocenters. The van der Waals surface area contributed by atoms with Crippen LogP contribution in [0.1, 0.15) is 96.5 Å². The van der Waals surface area contributed by atoms with Gasteiger partial charge in [-0.1, -0.05) is 76.8 Å². The number of aliphatic hydroxyl groups is 1. The minimum atomic E-state index is -0.198. The van der Waals surface area contributed by atoms with E-state index in [-0.39, 0.29) is 6.10 Å². The summed E-state index contributed by atoms with van der Waals surface area (Å²) < 4.78 is 6.24. The summed E-state index contributed by atoms with van der Waals surface area (Å²) in [6.07, 6.45) is 19.0. The molecule has 0 aliphatic rings. The largest absolute Gasteiger partial charge is 0.493 e. The van der Waals surface area contributed by atoms with Crippen molar-refractivity contribution in [2.45, 2.75) is 103 Å². The third kappa shape index (κ3) is 10.8. The highest BCUT2D eigenvalue weighted by atomic mass is 16.5. The Bertz CT molecular complexity index is 704. The summed E-state index contributed by atoms with van der Waals surface area (Å²) in [5, 5.41) is 9.43. The van der Waals surface area contributed by atoms with Crippen LogP contribution >= 0.6 is 0 Å². The fourth-order valence-electron chi connectivity index (χ4n) is 3.83. The Morgan fingerprint density at radius 2 is 1.55 bits per heavy atom. The van der Waals surface area contributed by atoms with Gasteiger partial charge in [0, 0.05) is 18.0 Å². The molecular formula is C27H42N2O2. The highest BCUT2D eigenvalue weighted by Gasteiger charge is 2.09. The topological polar surface area (TPSA) is 55.2 Å². The maximum absolute atomic E-state index is 9.43. The number of aliphatic hydroxyl groups excluding tert-OH is 1. The lowest BCUT2D eigenvalue weighted by Crippen LogP contribution is -2.02. The SMILES string of the molecule is CCCCCCCCCCOc1cc(-c2ncccn2)ccc1CCCCCC(C)O. The summed E-state index contributed by atoms with van der Waals surface area (Å²) in [4.78, 5) is 8.77. The zero-order valence-electron chi connectivity index (χ0n) is 19.7. The van der Waals surface area contributed by atoms with Gasteiger partial charge in [-0.05, 0) is 50.3 Å². The average molecular weight is 427 g/mol. The van der Waals surface area contributed by atoms with Gasteiger partial charge in [0.15, 0.2) is 5.82 Å². The van der Waals surface area contributed by atoms with Crippen molar-refractivity contribution in [3.63, 3.8) is 0 Å². The van der Waals surface area contributed by atoms with Crippen molar-refractivity contribution in [3.05, 3.63) is 42.2 Å². The second kappa shape index (κ2) is 15.8. The van der Waals surface area contributed by atoms with Crippen molar-refractivity contribution in [2.75, 3.05) is 6.61 Å². The second-order valence-corrected chi connectivity index (χ2v) is 8.67. The maximum atomic E-state index is 9.43. The van der Waals surface area contributed by atoms with Crippen LogP contribution in [0.2, 0.25) is 0 Å². The molecule has 0 bridgehead atoms. The lowest BCUT2D eigenvalue weighted by molar-refractivity contribution is 0.180. The standard InChI is InChI=1S/C27H42N2O2/c1-3-4-5-6-7-8-9-13-21-31-26-22-25(27-28-19-14-20-29-27)18-17-24(26)16-12-10-11-15-23(2)30/h14,17-20,22-23,30H,3-13,15-16,21H2,1-2H3. The quantitative estimate of drug-likeness (QED) is 0.273. The number of ether oxygens (including phenoxy) is 1. The van der Waals surface area contributed by atoms with E-state index in [1.54, 1.807) is 12.4 Å². The van der Waals surface area contributed by atoms with Crippen LogP contribution in [0, 0.1) is 0 Å². The first-order valence-electron chi connectivity index (χ1n) is 12.4. The van der Waals surface area contributed by atoms with Gasteiger partial charge >= 0.3 is 0 Å². The van der Waals surface area contributed by atoms with E-state index in [1.807, 2.05) is 13.0 Å². The second-order valence-electron chi connectivity index (χ2n) is 8.67. The zero-order chi connectivity index (χ0) is 22.2. The summed E-state index contributed by atoms with van der Waals surface area (Å²) in [6.45, 7) is 4.89. The Morgan fingerprint density at radius 1 is 0.871 bits per heavy atom. The molecular weight excluding hydrogens is 384 g/mol. The molecule has 172 valence electrons. The molecule has 0 spiro atoms. The molecule has 1 aromatic carbocycles. The maximum Gasteiger partial charge on any atom is 0.159 e. The normalized spacial score (nSPS) is 12.1. The number of rotatable bonds is 17. The van der Waals surface area contributed by atoms with E-state index in [0.29, 0.717) is 0 Å². The van der Waals surface area contributed by atoms with Crippen LogP contribution in [0.15, 0.2) is 36.7 Å². The van der Waals surface area contributed by atoms with Gasteiger partial charge in [-0.2, -0.15) is 0 Å². The number of hydrogen-bond acceptors (Lipinski definition) is 4. The number of aryl methyl sites for hydroxylation is 1. The van der Waals surface area contributed by atoms with Crippen molar-refractivity contribution in [1.29, 1.82) is 0 Å². The van der Waals surface area contributed by atoms with Gasteiger partial charge in [0.2, 0.25) is 0 Å². The molecule has 1 heterocycles. The van der Waals surface area contributed by atoms with Crippen LogP contribution < -0.4 is 4.74 Å². The van der Waals surface area contributed by atoms with Gasteiger partial charge in [0.05, 0.1) is 12.7 Å². The molecule has 4 nitrogen and oxygen atoms in total. The van der Waals surface area contributed by atoms with E-state index in [0.717, 1.165) is 62.3 Å². The summed E-state index contributed by atoms with van der Waals surface area (Å²) in [5.41, 5.74) is 2.26. The fourth-order valence-corrected chi connectivity index (χ4v) is 3.83. The molecule has 2 rings (SSSR count). The summed E-state index contributed by atoms with van der Waals surface area (Å²) >= 11 is 0. The number of nitrogens with zero attached hydrogens (tertiary/aromatic N) is 2. The minimum Gasteiger partial charge on any atom is -0.493 e. The summed E-state index contributed by atoms with van der Waals surface area (Å²) in [7, 11) is 0. The van der Waals surface area contributed by atoms with E-state index < -0.39 is 0 Å². The number of hydrogen-bond donors (Lipinski definition) is 1. The van der Waals surface area contributed by atoms with Crippen LogP contribution in [0.25, 0.3) is 11.4 Å². The summed E-state index contributed by atoms with van der Waals surface area (Å²) in [6, 6.07) is 8.21. The Morgan fingerprint density at radius 3 is 2.26 bits per heavy atom. The first kappa shape index (κ1) is 25.3. The molecule has 0 radical (unpaired) electrons. The first-order chi connectivity index (χ1) is 15.2. The monoisotopic (exact) mass is 426 g/mol. The van der Waals surface area contributed by atoms with E-state index in [2.05, 4.69) is 35.1 Å². The van der Waals surface area contributed by atoms with Crippen molar-refractivity contribution in [1.82, 2.24) is 9.97 Å². The predicted octanol–water partition coefficient (Wildman–Crippen LogP) is 7.15. The minimum absolute atomic E-state index is 0.198. The molecule has 0 aliphatic carbocycles. The molecule has 1 aromatic heterocycles. The average Bonchev–Trinajstić information content (AvgIpc) is 2.78. The fraction of sp³-hybridized carbons (Fsp3) is 0.630. The Labute approximate surface area is 189 Å². The van der Waals surface area contributed by atoms with E-state index >= 15 is 0 Å². The molecule has 4 heteroatoms. The molecule has 2 aromatic rings. The van der Waals surface area contributed by atoms with Gasteiger partial charge in [-0.3, -0.25) is 0 Å². The highest BCUT2D eigenvalue weighted by Crippen LogP contribution is 2.27. The van der Waals surface area contributed by atoms with Crippen LogP contribution in [0.3, 0.4) is 0 Å². The van der Waals surface area contributed by atoms with Crippen LogP contribution in [-0.2, 0) is 6.42 Å². The van der Waals surface area contributed by atoms with E-state index in [1.165, 1.54) is 50.5 Å². The van der Waals surface area contributed by atoms with Crippen LogP contribution in [-0.4, -0.2) is 27.8 Å². The molecule has 0 saturated heterocycles. The predicted molar refractivity (Wildman–Crippen MR) is 129 cm³/mol. The Balaban J connectivity index is 1.85. The molecule has 0 fully saturated rings. The lowest BCUT2D eigenvalue weighted by Gasteiger charge is -2.13. The number of aromatic nitrogens is 2. The molecule has 1 unspecified atom stereocenters. The van der Waals surface area contributed by atoms with Crippen molar-refractivity contribution in [2.24, 2.45) is 0 Å². The smallest absolute Gasteiger partial charge is 0.159 e. The van der Waals surface area contributed by atoms with Crippen LogP contribution in [0.4, 0.5) is 0 Å². The number of benzene rings is 1. The van der Waals surface area contributed by atoms with Gasteiger partial charge < -0.3 is 9.84 Å². The number of unbranched alkanes of at least 4 members (excludes halogenated alkanes) is 9. The summed E-state index contributed by atoms with van der Waals surface area (Å²) in [5.74, 6) is 1.71. The van der Waals surface area contributed by atoms with Gasteiger partial charge in [-0.25, -0.2) is 9.97 Å². The van der Waals surface area contributed by atoms with Crippen LogP contribution in [0.5, 0.6) is 5.75 Å². The third-order valence-corrected chi connectivity index (χ3v) is 5.71. The van der Waals surface area contributed by atoms with E-state index in [4.69, 9.17) is 4.74 Å². The third-order valence-electron chi connectivity index (χ3n) is 5.71. The highest BCUT2D eigenvalue weighted by molar-refractivity contribution is 5.59. The van der Waals surface area contributed by atoms with Crippen molar-refractivity contribution < 1.29 is 9.84 Å². The van der Waals surface area contributed by atoms with Crippen molar-refractivity contribution >= 4 is 0 Å². The first-order valence-corrected chi connectivity index (χ1v) is 12.4. The molecule has 1 N–H and O–H groups in total. The molecule has 0 amide bonds. The van der Waals surface area contributed by atoms with Gasteiger partial charge in [-0.15, -0.1) is 0 Å². The lowest BCUT2D eigenvalue weighted by atomic mass is 10.0. The van der Waals surface area contributed by atoms with Crippen molar-refractivity contribution in [3.8, 4) is 17.1 Å². The zero-order valence-corrected chi connectivity index (χ0v) is 19.7. The van der Waals surface area contributed by atoms with Gasteiger partial charge in [0.1, 0.15) is 5.75 Å². The molecule has 0 aliphatic heterocycles. The Hall–Kier alpha value is -1.94. The van der Waals surface area contributed by atoms with Gasteiger partial charge in [0.25, 0.3) is 0 Å². The molecule has 0 saturated carbocycles.